The number of rotatable bonds is 6. The van der Waals surface area contributed by atoms with Crippen LogP contribution >= 0.6 is 11.6 Å². The van der Waals surface area contributed by atoms with Gasteiger partial charge in [-0.2, -0.15) is 0 Å². The third-order valence-electron chi connectivity index (χ3n) is 5.05. The standard InChI is InChI=1S/C21H18ClF2N5O3/c22-21(23,24)32-15-3-1-13(2-4-15)28-19(30)17-6-5-16(18-20(31)27-12-11-26-18)29(17)14-7-9-25-10-8-14/h1-4,7-12,16-17H,5-6H2,(H,27,31)(H,28,30)/t16-,17-/m1/s1. The molecule has 2 atom stereocenters. The lowest BCUT2D eigenvalue weighted by atomic mass is 10.1. The molecule has 0 aliphatic carbocycles. The second-order valence-electron chi connectivity index (χ2n) is 7.09. The van der Waals surface area contributed by atoms with Crippen molar-refractivity contribution in [2.45, 2.75) is 30.5 Å². The molecule has 2 aromatic heterocycles. The molecule has 1 fully saturated rings. The van der Waals surface area contributed by atoms with Gasteiger partial charge >= 0.3 is 5.57 Å². The lowest BCUT2D eigenvalue weighted by molar-refractivity contribution is -0.117. The van der Waals surface area contributed by atoms with Crippen molar-refractivity contribution in [3.8, 4) is 5.75 Å². The van der Waals surface area contributed by atoms with E-state index in [1.165, 1.54) is 36.7 Å². The zero-order valence-corrected chi connectivity index (χ0v) is 17.3. The van der Waals surface area contributed by atoms with Gasteiger partial charge in [-0.05, 0) is 49.2 Å². The Morgan fingerprint density at radius 2 is 1.88 bits per heavy atom. The minimum Gasteiger partial charge on any atom is -0.420 e. The molecule has 1 saturated heterocycles. The number of carbonyl (C=O) groups is 1. The van der Waals surface area contributed by atoms with Crippen molar-refractivity contribution >= 4 is 28.9 Å². The van der Waals surface area contributed by atoms with E-state index in [-0.39, 0.29) is 17.2 Å². The third-order valence-corrected chi connectivity index (χ3v) is 5.13. The van der Waals surface area contributed by atoms with E-state index in [4.69, 9.17) is 11.6 Å². The number of hydrogen-bond donors (Lipinski definition) is 2. The molecule has 0 radical (unpaired) electrons. The van der Waals surface area contributed by atoms with Crippen LogP contribution in [0.3, 0.4) is 0 Å². The minimum absolute atomic E-state index is 0.142. The molecule has 1 aliphatic rings. The molecule has 32 heavy (non-hydrogen) atoms. The van der Waals surface area contributed by atoms with Crippen molar-refractivity contribution in [3.63, 3.8) is 0 Å². The molecule has 3 heterocycles. The molecule has 0 saturated carbocycles. The van der Waals surface area contributed by atoms with Gasteiger partial charge in [-0.25, -0.2) is 0 Å². The summed E-state index contributed by atoms with van der Waals surface area (Å²) in [4.78, 5) is 38.2. The van der Waals surface area contributed by atoms with E-state index in [0.717, 1.165) is 5.69 Å². The monoisotopic (exact) mass is 461 g/mol. The Balaban J connectivity index is 1.57. The second kappa shape index (κ2) is 8.91. The van der Waals surface area contributed by atoms with Crippen LogP contribution in [0.5, 0.6) is 5.75 Å². The molecule has 166 valence electrons. The molecule has 8 nitrogen and oxygen atoms in total. The van der Waals surface area contributed by atoms with Gasteiger partial charge < -0.3 is 19.9 Å². The molecule has 1 amide bonds. The fraction of sp³-hybridized carbons (Fsp3) is 0.238. The Kier molecular flexibility index (Phi) is 6.04. The van der Waals surface area contributed by atoms with Crippen molar-refractivity contribution in [2.24, 2.45) is 0 Å². The van der Waals surface area contributed by atoms with Crippen LogP contribution in [0, 0.1) is 0 Å². The zero-order valence-electron chi connectivity index (χ0n) is 16.5. The number of H-pyrrole nitrogens is 1. The van der Waals surface area contributed by atoms with Crippen LogP contribution < -0.4 is 20.5 Å². The molecule has 3 aromatic rings. The highest BCUT2D eigenvalue weighted by Crippen LogP contribution is 2.38. The quantitative estimate of drug-likeness (QED) is 0.543. The zero-order chi connectivity index (χ0) is 22.7. The van der Waals surface area contributed by atoms with E-state index in [1.807, 2.05) is 4.90 Å². The van der Waals surface area contributed by atoms with Crippen LogP contribution in [0.4, 0.5) is 20.2 Å². The molecule has 0 spiro atoms. The number of nitrogens with zero attached hydrogens (tertiary/aromatic N) is 3. The Bertz CT molecular complexity index is 1140. The summed E-state index contributed by atoms with van der Waals surface area (Å²) in [5.74, 6) is -0.454. The fourth-order valence-corrected chi connectivity index (χ4v) is 3.87. The third kappa shape index (κ3) is 4.86. The summed E-state index contributed by atoms with van der Waals surface area (Å²) >= 11 is 4.76. The maximum Gasteiger partial charge on any atom is 0.487 e. The van der Waals surface area contributed by atoms with Crippen molar-refractivity contribution < 1.29 is 18.3 Å². The lowest BCUT2D eigenvalue weighted by Crippen LogP contribution is -2.42. The van der Waals surface area contributed by atoms with Crippen molar-refractivity contribution in [1.29, 1.82) is 0 Å². The first-order valence-corrected chi connectivity index (χ1v) is 10.1. The molecule has 2 N–H and O–H groups in total. The fourth-order valence-electron chi connectivity index (χ4n) is 3.78. The number of nitrogens with one attached hydrogen (secondary N) is 2. The van der Waals surface area contributed by atoms with Gasteiger partial charge in [0, 0.05) is 47.8 Å². The summed E-state index contributed by atoms with van der Waals surface area (Å²) in [5, 5.41) is 2.78. The Hall–Kier alpha value is -3.53. The summed E-state index contributed by atoms with van der Waals surface area (Å²) < 4.78 is 29.8. The SMILES string of the molecule is O=C(Nc1ccc(OC(F)(F)Cl)cc1)[C@H]1CC[C@H](c2ncc[nH]c2=O)N1c1ccncc1. The average molecular weight is 462 g/mol. The highest BCUT2D eigenvalue weighted by molar-refractivity contribution is 6.20. The number of benzene rings is 1. The summed E-state index contributed by atoms with van der Waals surface area (Å²) in [5.41, 5.74) is -2.69. The number of halogens is 3. The number of ether oxygens (including phenoxy) is 1. The van der Waals surface area contributed by atoms with Crippen LogP contribution in [0.15, 0.2) is 66.0 Å². The maximum absolute atomic E-state index is 13.1. The predicted molar refractivity (Wildman–Crippen MR) is 114 cm³/mol. The molecular weight excluding hydrogens is 444 g/mol. The second-order valence-corrected chi connectivity index (χ2v) is 7.53. The Morgan fingerprint density at radius 1 is 1.16 bits per heavy atom. The first-order valence-electron chi connectivity index (χ1n) is 9.70. The van der Waals surface area contributed by atoms with Crippen LogP contribution in [0.2, 0.25) is 0 Å². The number of hydrogen-bond acceptors (Lipinski definition) is 6. The minimum atomic E-state index is -3.82. The van der Waals surface area contributed by atoms with Gasteiger partial charge in [0.05, 0.1) is 6.04 Å². The van der Waals surface area contributed by atoms with Crippen LogP contribution in [0.25, 0.3) is 0 Å². The van der Waals surface area contributed by atoms with Crippen molar-refractivity contribution in [1.82, 2.24) is 15.0 Å². The number of alkyl halides is 3. The van der Waals surface area contributed by atoms with E-state index < -0.39 is 17.7 Å². The number of carbonyl (C=O) groups excluding carboxylic acids is 1. The van der Waals surface area contributed by atoms with Gasteiger partial charge in [0.15, 0.2) is 0 Å². The molecule has 11 heteroatoms. The molecule has 1 aliphatic heterocycles. The summed E-state index contributed by atoms with van der Waals surface area (Å²) in [6, 6.07) is 7.94. The number of anilines is 2. The number of aromatic nitrogens is 3. The van der Waals surface area contributed by atoms with Gasteiger partial charge in [-0.3, -0.25) is 19.6 Å². The van der Waals surface area contributed by atoms with Crippen LogP contribution in [-0.2, 0) is 4.79 Å². The highest BCUT2D eigenvalue weighted by Gasteiger charge is 2.40. The smallest absolute Gasteiger partial charge is 0.420 e. The Labute approximate surface area is 186 Å². The average Bonchev–Trinajstić information content (AvgIpc) is 3.20. The van der Waals surface area contributed by atoms with Gasteiger partial charge in [0.1, 0.15) is 17.5 Å². The van der Waals surface area contributed by atoms with Crippen LogP contribution in [-0.4, -0.2) is 32.5 Å². The summed E-state index contributed by atoms with van der Waals surface area (Å²) in [6.07, 6.45) is 7.19. The van der Waals surface area contributed by atoms with E-state index in [0.29, 0.717) is 24.2 Å². The Morgan fingerprint density at radius 3 is 2.53 bits per heavy atom. The first kappa shape index (κ1) is 21.7. The normalized spacial score (nSPS) is 18.4. The van der Waals surface area contributed by atoms with Gasteiger partial charge in [0.2, 0.25) is 5.91 Å². The van der Waals surface area contributed by atoms with E-state index in [9.17, 15) is 18.4 Å². The number of amides is 1. The van der Waals surface area contributed by atoms with Crippen LogP contribution in [0.1, 0.15) is 24.6 Å². The largest absolute Gasteiger partial charge is 0.487 e. The van der Waals surface area contributed by atoms with E-state index in [1.54, 1.807) is 24.5 Å². The van der Waals surface area contributed by atoms with Crippen molar-refractivity contribution in [2.75, 3.05) is 10.2 Å². The molecule has 0 bridgehead atoms. The van der Waals surface area contributed by atoms with E-state index in [2.05, 4.69) is 25.0 Å². The number of aromatic amines is 1. The van der Waals surface area contributed by atoms with Crippen molar-refractivity contribution in [3.05, 3.63) is 77.2 Å². The van der Waals surface area contributed by atoms with Gasteiger partial charge in [0.25, 0.3) is 5.56 Å². The van der Waals surface area contributed by atoms with Gasteiger partial charge in [-0.15, -0.1) is 8.78 Å². The number of pyridine rings is 1. The van der Waals surface area contributed by atoms with Gasteiger partial charge in [-0.1, -0.05) is 0 Å². The lowest BCUT2D eigenvalue weighted by Gasteiger charge is -2.31. The molecular formula is C21H18ClF2N5O3. The summed E-state index contributed by atoms with van der Waals surface area (Å²) in [6.45, 7) is 0. The highest BCUT2D eigenvalue weighted by atomic mass is 35.5. The first-order chi connectivity index (χ1) is 15.3. The predicted octanol–water partition coefficient (Wildman–Crippen LogP) is 3.68. The van der Waals surface area contributed by atoms with E-state index >= 15 is 0 Å². The summed E-state index contributed by atoms with van der Waals surface area (Å²) in [7, 11) is 0. The molecule has 4 rings (SSSR count). The molecule has 0 unspecified atom stereocenters. The maximum atomic E-state index is 13.1. The topological polar surface area (TPSA) is 100 Å². The molecule has 1 aromatic carbocycles.